The summed E-state index contributed by atoms with van der Waals surface area (Å²) in [7, 11) is 0. The van der Waals surface area contributed by atoms with Crippen molar-refractivity contribution in [3.63, 3.8) is 0 Å². The van der Waals surface area contributed by atoms with E-state index in [1.165, 1.54) is 25.7 Å². The van der Waals surface area contributed by atoms with E-state index in [1.54, 1.807) is 0 Å². The number of rotatable bonds is 0. The Morgan fingerprint density at radius 3 is 2.55 bits per heavy atom. The number of hydrogen-bond donors (Lipinski definition) is 1. The van der Waals surface area contributed by atoms with E-state index in [4.69, 9.17) is 5.73 Å². The second kappa shape index (κ2) is 3.14. The van der Waals surface area contributed by atoms with E-state index in [1.807, 2.05) is 0 Å². The number of hydrogen-bond acceptors (Lipinski definition) is 1. The van der Waals surface area contributed by atoms with Crippen molar-refractivity contribution in [3.8, 4) is 0 Å². The maximum absolute atomic E-state index is 6.13. The van der Waals surface area contributed by atoms with Gasteiger partial charge < -0.3 is 5.73 Å². The summed E-state index contributed by atoms with van der Waals surface area (Å²) in [6, 6.07) is 0. The minimum absolute atomic E-state index is 0.115. The molecular formula is C10H21N. The molecule has 1 aliphatic rings. The van der Waals surface area contributed by atoms with Crippen molar-refractivity contribution in [3.05, 3.63) is 0 Å². The standard InChI is InChI=1S/C10H21N/c1-8-4-5-10(3,11)7-9(2)6-8/h8-9H,4-7,11H2,1-3H3. The molecule has 2 N–H and O–H groups in total. The van der Waals surface area contributed by atoms with Crippen LogP contribution in [0.3, 0.4) is 0 Å². The Balaban J connectivity index is 2.53. The van der Waals surface area contributed by atoms with E-state index < -0.39 is 0 Å². The SMILES string of the molecule is CC1CCC(C)(N)CC(C)C1. The van der Waals surface area contributed by atoms with Crippen LogP contribution in [-0.4, -0.2) is 5.54 Å². The van der Waals surface area contributed by atoms with Crippen molar-refractivity contribution in [1.82, 2.24) is 0 Å². The van der Waals surface area contributed by atoms with Crippen LogP contribution in [0, 0.1) is 11.8 Å². The van der Waals surface area contributed by atoms with Crippen LogP contribution >= 0.6 is 0 Å². The molecule has 1 nitrogen and oxygen atoms in total. The van der Waals surface area contributed by atoms with Crippen molar-refractivity contribution in [2.24, 2.45) is 17.6 Å². The molecule has 1 saturated carbocycles. The van der Waals surface area contributed by atoms with Crippen molar-refractivity contribution in [2.45, 2.75) is 52.0 Å². The predicted molar refractivity (Wildman–Crippen MR) is 49.4 cm³/mol. The molecule has 0 aliphatic heterocycles. The van der Waals surface area contributed by atoms with Crippen LogP contribution < -0.4 is 5.73 Å². The fourth-order valence-electron chi connectivity index (χ4n) is 2.36. The molecule has 0 aromatic carbocycles. The smallest absolute Gasteiger partial charge is 0.0128 e. The lowest BCUT2D eigenvalue weighted by atomic mass is 9.89. The monoisotopic (exact) mass is 155 g/mol. The molecule has 0 aromatic rings. The van der Waals surface area contributed by atoms with E-state index in [2.05, 4.69) is 20.8 Å². The van der Waals surface area contributed by atoms with Crippen LogP contribution in [0.25, 0.3) is 0 Å². The first-order chi connectivity index (χ1) is 4.99. The molecule has 3 atom stereocenters. The van der Waals surface area contributed by atoms with Crippen LogP contribution in [0.1, 0.15) is 46.5 Å². The van der Waals surface area contributed by atoms with Gasteiger partial charge >= 0.3 is 0 Å². The summed E-state index contributed by atoms with van der Waals surface area (Å²) in [5.74, 6) is 1.71. The molecule has 0 amide bonds. The van der Waals surface area contributed by atoms with E-state index in [9.17, 15) is 0 Å². The molecule has 11 heavy (non-hydrogen) atoms. The second-order valence-corrected chi connectivity index (χ2v) is 4.84. The molecule has 0 heterocycles. The molecule has 66 valence electrons. The first-order valence-electron chi connectivity index (χ1n) is 4.78. The van der Waals surface area contributed by atoms with E-state index >= 15 is 0 Å². The van der Waals surface area contributed by atoms with Gasteiger partial charge in [-0.25, -0.2) is 0 Å². The van der Waals surface area contributed by atoms with E-state index in [0.29, 0.717) is 0 Å². The van der Waals surface area contributed by atoms with Gasteiger partial charge in [-0.05, 0) is 44.4 Å². The second-order valence-electron chi connectivity index (χ2n) is 4.84. The first-order valence-corrected chi connectivity index (χ1v) is 4.78. The Morgan fingerprint density at radius 2 is 1.91 bits per heavy atom. The van der Waals surface area contributed by atoms with Crippen molar-refractivity contribution < 1.29 is 0 Å². The minimum Gasteiger partial charge on any atom is -0.325 e. The van der Waals surface area contributed by atoms with Gasteiger partial charge in [-0.2, -0.15) is 0 Å². The zero-order chi connectivity index (χ0) is 8.48. The Morgan fingerprint density at radius 1 is 1.27 bits per heavy atom. The molecule has 0 aromatic heterocycles. The Hall–Kier alpha value is -0.0400. The van der Waals surface area contributed by atoms with Gasteiger partial charge in [0.2, 0.25) is 0 Å². The topological polar surface area (TPSA) is 26.0 Å². The van der Waals surface area contributed by atoms with Crippen LogP contribution in [0.15, 0.2) is 0 Å². The highest BCUT2D eigenvalue weighted by Gasteiger charge is 2.26. The summed E-state index contributed by atoms with van der Waals surface area (Å²) in [6.07, 6.45) is 5.10. The van der Waals surface area contributed by atoms with Gasteiger partial charge in [0.05, 0.1) is 0 Å². The highest BCUT2D eigenvalue weighted by atomic mass is 14.7. The molecule has 1 rings (SSSR count). The maximum Gasteiger partial charge on any atom is 0.0128 e. The van der Waals surface area contributed by atoms with E-state index in [0.717, 1.165) is 11.8 Å². The van der Waals surface area contributed by atoms with Gasteiger partial charge in [0.1, 0.15) is 0 Å². The lowest BCUT2D eigenvalue weighted by molar-refractivity contribution is 0.357. The Bertz CT molecular complexity index is 129. The molecule has 0 spiro atoms. The van der Waals surface area contributed by atoms with Crippen molar-refractivity contribution >= 4 is 0 Å². The molecule has 1 fully saturated rings. The molecule has 0 radical (unpaired) electrons. The third-order valence-corrected chi connectivity index (χ3v) is 2.83. The third kappa shape index (κ3) is 2.82. The fraction of sp³-hybridized carbons (Fsp3) is 1.00. The van der Waals surface area contributed by atoms with Crippen molar-refractivity contribution in [2.75, 3.05) is 0 Å². The van der Waals surface area contributed by atoms with Gasteiger partial charge in [-0.1, -0.05) is 13.8 Å². The summed E-state index contributed by atoms with van der Waals surface area (Å²) in [5, 5.41) is 0. The van der Waals surface area contributed by atoms with Gasteiger partial charge in [0.15, 0.2) is 0 Å². The predicted octanol–water partition coefficient (Wildman–Crippen LogP) is 2.55. The molecule has 1 aliphatic carbocycles. The largest absolute Gasteiger partial charge is 0.325 e. The fourth-order valence-corrected chi connectivity index (χ4v) is 2.36. The highest BCUT2D eigenvalue weighted by molar-refractivity contribution is 4.84. The average Bonchev–Trinajstić information content (AvgIpc) is 1.90. The van der Waals surface area contributed by atoms with E-state index in [-0.39, 0.29) is 5.54 Å². The normalized spacial score (nSPS) is 46.9. The summed E-state index contributed by atoms with van der Waals surface area (Å²) in [4.78, 5) is 0. The lowest BCUT2D eigenvalue weighted by Gasteiger charge is -2.24. The maximum atomic E-state index is 6.13. The summed E-state index contributed by atoms with van der Waals surface area (Å²) >= 11 is 0. The van der Waals surface area contributed by atoms with Gasteiger partial charge in [-0.15, -0.1) is 0 Å². The molecule has 0 bridgehead atoms. The average molecular weight is 155 g/mol. The van der Waals surface area contributed by atoms with Crippen LogP contribution in [-0.2, 0) is 0 Å². The summed E-state index contributed by atoms with van der Waals surface area (Å²) in [5.41, 5.74) is 6.25. The summed E-state index contributed by atoms with van der Waals surface area (Å²) < 4.78 is 0. The quantitative estimate of drug-likeness (QED) is 0.534. The van der Waals surface area contributed by atoms with Gasteiger partial charge in [0, 0.05) is 5.54 Å². The molecule has 0 saturated heterocycles. The zero-order valence-electron chi connectivity index (χ0n) is 8.06. The Kier molecular flexibility index (Phi) is 2.58. The molecule has 1 heteroatoms. The van der Waals surface area contributed by atoms with Crippen LogP contribution in [0.2, 0.25) is 0 Å². The van der Waals surface area contributed by atoms with Crippen LogP contribution in [0.5, 0.6) is 0 Å². The molecular weight excluding hydrogens is 134 g/mol. The van der Waals surface area contributed by atoms with Gasteiger partial charge in [-0.3, -0.25) is 0 Å². The van der Waals surface area contributed by atoms with Crippen LogP contribution in [0.4, 0.5) is 0 Å². The number of nitrogens with two attached hydrogens (primary N) is 1. The Labute approximate surface area is 70.4 Å². The minimum atomic E-state index is 0.115. The third-order valence-electron chi connectivity index (χ3n) is 2.83. The van der Waals surface area contributed by atoms with Crippen molar-refractivity contribution in [1.29, 1.82) is 0 Å². The highest BCUT2D eigenvalue weighted by Crippen LogP contribution is 2.31. The first kappa shape index (κ1) is 9.05. The zero-order valence-corrected chi connectivity index (χ0v) is 8.06. The summed E-state index contributed by atoms with van der Waals surface area (Å²) in [6.45, 7) is 6.87. The van der Waals surface area contributed by atoms with Gasteiger partial charge in [0.25, 0.3) is 0 Å². The lowest BCUT2D eigenvalue weighted by Crippen LogP contribution is -2.36. The molecule has 3 unspecified atom stereocenters.